The molecule has 0 spiro atoms. The molecular formula is C31H61NO6P+. The highest BCUT2D eigenvalue weighted by atomic mass is 31.2. The van der Waals surface area contributed by atoms with Gasteiger partial charge in [-0.1, -0.05) is 76.7 Å². The lowest BCUT2D eigenvalue weighted by Gasteiger charge is -2.35. The number of carbonyl (C=O) groups excluding carboxylic acids is 1. The first-order valence-electron chi connectivity index (χ1n) is 15.5. The van der Waals surface area contributed by atoms with E-state index < -0.39 is 19.5 Å². The van der Waals surface area contributed by atoms with Crippen LogP contribution in [0.1, 0.15) is 123 Å². The number of ether oxygens (including phenoxy) is 1. The van der Waals surface area contributed by atoms with E-state index in [0.717, 1.165) is 25.7 Å². The number of hydrogen-bond donors (Lipinski definition) is 2. The van der Waals surface area contributed by atoms with E-state index >= 15 is 0 Å². The number of aliphatic hydroxyl groups excluding tert-OH is 1. The van der Waals surface area contributed by atoms with Crippen molar-refractivity contribution in [3.63, 3.8) is 0 Å². The Hall–Kier alpha value is -0.980. The summed E-state index contributed by atoms with van der Waals surface area (Å²) in [5, 5.41) is 10.0. The van der Waals surface area contributed by atoms with Crippen LogP contribution in [-0.4, -0.2) is 66.7 Å². The van der Waals surface area contributed by atoms with Gasteiger partial charge in [0.25, 0.3) is 0 Å². The van der Waals surface area contributed by atoms with Crippen molar-refractivity contribution in [1.29, 1.82) is 0 Å². The summed E-state index contributed by atoms with van der Waals surface area (Å²) in [6.07, 6.45) is 26.8. The maximum absolute atomic E-state index is 12.5. The van der Waals surface area contributed by atoms with Gasteiger partial charge in [0.15, 0.2) is 5.78 Å². The molecule has 0 fully saturated rings. The minimum absolute atomic E-state index is 0.232. The lowest BCUT2D eigenvalue weighted by Crippen LogP contribution is -2.45. The summed E-state index contributed by atoms with van der Waals surface area (Å²) in [6.45, 7) is 3.50. The molecule has 2 unspecified atom stereocenters. The number of allylic oxidation sites excluding steroid dienone is 4. The normalized spacial score (nSPS) is 15.6. The highest BCUT2D eigenvalue weighted by molar-refractivity contribution is 7.53. The lowest BCUT2D eigenvalue weighted by molar-refractivity contribution is -0.883. The molecule has 0 aromatic heterocycles. The van der Waals surface area contributed by atoms with Gasteiger partial charge in [-0.05, 0) is 57.8 Å². The van der Waals surface area contributed by atoms with Crippen LogP contribution in [0.15, 0.2) is 24.3 Å². The molecule has 0 aliphatic heterocycles. The molecule has 0 saturated carbocycles. The Bertz CT molecular complexity index is 704. The van der Waals surface area contributed by atoms with Crippen LogP contribution in [0.3, 0.4) is 0 Å². The van der Waals surface area contributed by atoms with E-state index in [0.29, 0.717) is 12.8 Å². The molecule has 0 amide bonds. The average Bonchev–Trinajstić information content (AvgIpc) is 2.87. The van der Waals surface area contributed by atoms with Crippen molar-refractivity contribution >= 4 is 13.6 Å². The Morgan fingerprint density at radius 1 is 0.769 bits per heavy atom. The molecule has 0 aliphatic rings. The molecule has 0 rings (SSSR count). The largest absolute Gasteiger partial charge is 0.463 e. The van der Waals surface area contributed by atoms with Gasteiger partial charge in [-0.2, -0.15) is 0 Å². The maximum Gasteiger partial charge on any atom is 0.385 e. The Labute approximate surface area is 240 Å². The second-order valence-electron chi connectivity index (χ2n) is 11.6. The van der Waals surface area contributed by atoms with Crippen LogP contribution < -0.4 is 0 Å². The smallest absolute Gasteiger partial charge is 0.385 e. The number of quaternary nitrogens is 1. The summed E-state index contributed by atoms with van der Waals surface area (Å²) in [5.74, 6) is -0.941. The zero-order chi connectivity index (χ0) is 29.4. The summed E-state index contributed by atoms with van der Waals surface area (Å²) in [6, 6.07) is 0. The molecule has 8 heteroatoms. The summed E-state index contributed by atoms with van der Waals surface area (Å²) >= 11 is 0. The number of esters is 1. The first-order valence-corrected chi connectivity index (χ1v) is 17.1. The fourth-order valence-electron chi connectivity index (χ4n) is 4.55. The van der Waals surface area contributed by atoms with E-state index in [1.54, 1.807) is 0 Å². The minimum Gasteiger partial charge on any atom is -0.463 e. The molecule has 0 aromatic rings. The van der Waals surface area contributed by atoms with E-state index in [1.807, 2.05) is 28.1 Å². The van der Waals surface area contributed by atoms with Crippen LogP contribution in [0.4, 0.5) is 0 Å². The van der Waals surface area contributed by atoms with E-state index in [-0.39, 0.29) is 23.7 Å². The average molecular weight is 575 g/mol. The molecule has 0 aliphatic carbocycles. The van der Waals surface area contributed by atoms with Gasteiger partial charge < -0.3 is 23.7 Å². The fraction of sp³-hybridized carbons (Fsp3) is 0.839. The van der Waals surface area contributed by atoms with Crippen molar-refractivity contribution < 1.29 is 33.1 Å². The highest BCUT2D eigenvalue weighted by Gasteiger charge is 2.41. The van der Waals surface area contributed by atoms with Crippen LogP contribution in [0.2, 0.25) is 0 Å². The summed E-state index contributed by atoms with van der Waals surface area (Å²) in [4.78, 5) is 22.2. The summed E-state index contributed by atoms with van der Waals surface area (Å²) in [5.41, 5.74) is 0. The summed E-state index contributed by atoms with van der Waals surface area (Å²) in [7, 11) is 1.58. The number of unbranched alkanes of at least 4 members (excludes halogenated alkanes) is 12. The monoisotopic (exact) mass is 574 g/mol. The quantitative estimate of drug-likeness (QED) is 0.0359. The molecule has 0 radical (unpaired) electrons. The van der Waals surface area contributed by atoms with Gasteiger partial charge in [0.2, 0.25) is 0 Å². The van der Waals surface area contributed by atoms with Crippen molar-refractivity contribution in [1.82, 2.24) is 0 Å². The molecule has 230 valence electrons. The second kappa shape index (κ2) is 23.7. The van der Waals surface area contributed by atoms with E-state index in [2.05, 4.69) is 31.2 Å². The van der Waals surface area contributed by atoms with E-state index in [4.69, 9.17) is 9.26 Å². The third kappa shape index (κ3) is 22.4. The van der Waals surface area contributed by atoms with E-state index in [9.17, 15) is 19.4 Å². The highest BCUT2D eigenvalue weighted by Crippen LogP contribution is 2.51. The molecule has 0 bridgehead atoms. The van der Waals surface area contributed by atoms with Crippen LogP contribution in [0, 0.1) is 0 Å². The van der Waals surface area contributed by atoms with Gasteiger partial charge in [-0.3, -0.25) is 9.36 Å². The molecule has 7 nitrogen and oxygen atoms in total. The van der Waals surface area contributed by atoms with Gasteiger partial charge in [-0.15, -0.1) is 0 Å². The molecule has 0 heterocycles. The predicted octanol–water partition coefficient (Wildman–Crippen LogP) is 7.91. The number of nitrogens with zero attached hydrogens (tertiary/aromatic N) is 1. The second-order valence-corrected chi connectivity index (χ2v) is 13.6. The third-order valence-corrected chi connectivity index (χ3v) is 9.16. The topological polar surface area (TPSA) is 93.1 Å². The van der Waals surface area contributed by atoms with Crippen molar-refractivity contribution in [3.8, 4) is 0 Å². The zero-order valence-electron chi connectivity index (χ0n) is 25.8. The Morgan fingerprint density at radius 2 is 1.23 bits per heavy atom. The zero-order valence-corrected chi connectivity index (χ0v) is 26.7. The van der Waals surface area contributed by atoms with Gasteiger partial charge in [0, 0.05) is 12.8 Å². The molecular weight excluding hydrogens is 513 g/mol. The predicted molar refractivity (Wildman–Crippen MR) is 163 cm³/mol. The van der Waals surface area contributed by atoms with Gasteiger partial charge >= 0.3 is 13.6 Å². The molecule has 39 heavy (non-hydrogen) atoms. The first-order chi connectivity index (χ1) is 18.5. The van der Waals surface area contributed by atoms with Crippen LogP contribution in [0.25, 0.3) is 0 Å². The minimum atomic E-state index is -3.91. The van der Waals surface area contributed by atoms with Crippen LogP contribution in [-0.2, 0) is 18.6 Å². The molecule has 0 saturated heterocycles. The molecule has 2 N–H and O–H groups in total. The number of hydrogen-bond acceptors (Lipinski definition) is 5. The number of rotatable bonds is 26. The number of aliphatic hydroxyl groups is 1. The Morgan fingerprint density at radius 3 is 1.72 bits per heavy atom. The Kier molecular flexibility index (Phi) is 23.1. The maximum atomic E-state index is 12.5. The van der Waals surface area contributed by atoms with Crippen LogP contribution in [0.5, 0.6) is 0 Å². The first kappa shape index (κ1) is 38.0. The third-order valence-electron chi connectivity index (χ3n) is 6.83. The van der Waals surface area contributed by atoms with Gasteiger partial charge in [-0.25, -0.2) is 0 Å². The van der Waals surface area contributed by atoms with Gasteiger partial charge in [0.1, 0.15) is 12.7 Å². The molecule has 3 atom stereocenters. The Balaban J connectivity index is 3.65. The summed E-state index contributed by atoms with van der Waals surface area (Å²) < 4.78 is 23.1. The lowest BCUT2D eigenvalue weighted by atomic mass is 10.1. The van der Waals surface area contributed by atoms with Gasteiger partial charge in [0.05, 0.1) is 27.7 Å². The number of carbonyl (C=O) groups is 1. The standard InChI is InChI=1S/C31H60NO6P/c1-6-8-9-10-11-12-13-14-15-16-17-18-19-20-21-22-23-24-25-26-31(34)37-27-29(33)28-38-39(35,36)30(7-2)32(3,4)5/h11-12,17-18,29-30,33H,6-10,13-16,19-28H2,1-5H3/p+1/b12-11-,18-17-/t29-,30?/m1/s1. The molecule has 0 aromatic carbocycles. The van der Waals surface area contributed by atoms with Crippen molar-refractivity contribution in [2.45, 2.75) is 135 Å². The van der Waals surface area contributed by atoms with Crippen molar-refractivity contribution in [3.05, 3.63) is 24.3 Å². The van der Waals surface area contributed by atoms with Crippen molar-refractivity contribution in [2.75, 3.05) is 34.4 Å². The SMILES string of the molecule is CCCCC/C=C\CCCC/C=C\CCCCCCCCC(=O)OC[C@@H](O)COP(=O)(O)C(CC)[N+](C)(C)C. The van der Waals surface area contributed by atoms with Crippen LogP contribution >= 0.6 is 7.60 Å². The fourth-order valence-corrected chi connectivity index (χ4v) is 6.45. The van der Waals surface area contributed by atoms with E-state index in [1.165, 1.54) is 70.6 Å². The van der Waals surface area contributed by atoms with Crippen molar-refractivity contribution in [2.24, 2.45) is 0 Å².